The van der Waals surface area contributed by atoms with Gasteiger partial charge in [0.15, 0.2) is 0 Å². The van der Waals surface area contributed by atoms with Crippen LogP contribution < -0.4 is 10.2 Å². The summed E-state index contributed by atoms with van der Waals surface area (Å²) < 4.78 is 0. The molecule has 1 aromatic carbocycles. The minimum atomic E-state index is 0.713. The fraction of sp³-hybridized carbons (Fsp3) is 0.647. The molecule has 1 fully saturated rings. The van der Waals surface area contributed by atoms with Gasteiger partial charge < -0.3 is 10.2 Å². The summed E-state index contributed by atoms with van der Waals surface area (Å²) in [6.45, 7) is 12.1. The van der Waals surface area contributed by atoms with E-state index in [4.69, 9.17) is 0 Å². The first-order chi connectivity index (χ1) is 9.33. The number of hydrogen-bond donors (Lipinski definition) is 1. The van der Waals surface area contributed by atoms with Crippen LogP contribution in [0.25, 0.3) is 0 Å². The third-order valence-corrected chi connectivity index (χ3v) is 4.27. The number of nitrogens with one attached hydrogen (secondary N) is 1. The number of para-hydroxylation sites is 1. The molecule has 1 N–H and O–H groups in total. The van der Waals surface area contributed by atoms with Crippen molar-refractivity contribution >= 4 is 5.69 Å². The topological polar surface area (TPSA) is 15.3 Å². The molecule has 2 aliphatic heterocycles. The van der Waals surface area contributed by atoms with Crippen LogP contribution in [0.3, 0.4) is 0 Å². The van der Waals surface area contributed by atoms with E-state index in [-0.39, 0.29) is 0 Å². The van der Waals surface area contributed by atoms with Crippen LogP contribution in [-0.4, -0.2) is 25.7 Å². The second kappa shape index (κ2) is 6.42. The number of hydrogen-bond acceptors (Lipinski definition) is 2. The minimum absolute atomic E-state index is 0.713. The predicted octanol–water partition coefficient (Wildman–Crippen LogP) is 3.70. The van der Waals surface area contributed by atoms with Crippen LogP contribution in [0.15, 0.2) is 18.2 Å². The maximum absolute atomic E-state index is 3.55. The summed E-state index contributed by atoms with van der Waals surface area (Å²) in [5, 5.41) is 3.55. The van der Waals surface area contributed by atoms with Crippen molar-refractivity contribution < 1.29 is 0 Å². The molecule has 0 aliphatic carbocycles. The van der Waals surface area contributed by atoms with E-state index < -0.39 is 0 Å². The molecule has 2 unspecified atom stereocenters. The summed E-state index contributed by atoms with van der Waals surface area (Å²) in [7, 11) is 0. The summed E-state index contributed by atoms with van der Waals surface area (Å²) in [6.07, 6.45) is 2.53. The van der Waals surface area contributed by atoms with Crippen LogP contribution in [0.5, 0.6) is 0 Å². The number of anilines is 1. The molecule has 1 aromatic rings. The van der Waals surface area contributed by atoms with Crippen molar-refractivity contribution in [2.45, 2.75) is 52.5 Å². The number of benzene rings is 1. The molecule has 2 nitrogen and oxygen atoms in total. The Morgan fingerprint density at radius 2 is 2.11 bits per heavy atom. The fourth-order valence-corrected chi connectivity index (χ4v) is 3.59. The highest BCUT2D eigenvalue weighted by molar-refractivity contribution is 5.66. The number of aryl methyl sites for hydroxylation is 1. The smallest absolute Gasteiger partial charge is 0.0435 e. The van der Waals surface area contributed by atoms with E-state index >= 15 is 0 Å². The molecule has 0 aromatic heterocycles. The first-order valence-corrected chi connectivity index (χ1v) is 7.89. The molecular weight excluding hydrogens is 232 g/mol. The Balaban J connectivity index is 0.000000637. The molecule has 2 heterocycles. The lowest BCUT2D eigenvalue weighted by molar-refractivity contribution is 0.402. The van der Waals surface area contributed by atoms with Gasteiger partial charge in [-0.3, -0.25) is 0 Å². The Hall–Kier alpha value is -1.02. The Morgan fingerprint density at radius 1 is 1.32 bits per heavy atom. The van der Waals surface area contributed by atoms with Gasteiger partial charge in [0, 0.05) is 30.7 Å². The summed E-state index contributed by atoms with van der Waals surface area (Å²) in [6, 6.07) is 7.55. The molecular formula is C17H28N2. The van der Waals surface area contributed by atoms with Crippen LogP contribution in [0.4, 0.5) is 5.69 Å². The van der Waals surface area contributed by atoms with Crippen LogP contribution in [0, 0.1) is 6.92 Å². The summed E-state index contributed by atoms with van der Waals surface area (Å²) in [4.78, 5) is 2.68. The Morgan fingerprint density at radius 3 is 2.84 bits per heavy atom. The quantitative estimate of drug-likeness (QED) is 0.872. The normalized spacial score (nSPS) is 24.3. The molecule has 0 spiro atoms. The van der Waals surface area contributed by atoms with Crippen molar-refractivity contribution in [3.63, 3.8) is 0 Å². The van der Waals surface area contributed by atoms with Gasteiger partial charge in [-0.05, 0) is 37.4 Å². The van der Waals surface area contributed by atoms with Crippen molar-refractivity contribution in [3.8, 4) is 0 Å². The third-order valence-electron chi connectivity index (χ3n) is 4.27. The Bertz CT molecular complexity index is 414. The van der Waals surface area contributed by atoms with E-state index in [1.54, 1.807) is 5.56 Å². The van der Waals surface area contributed by atoms with Crippen molar-refractivity contribution in [1.29, 1.82) is 0 Å². The number of rotatable bonds is 2. The van der Waals surface area contributed by atoms with Gasteiger partial charge in [0.05, 0.1) is 0 Å². The van der Waals surface area contributed by atoms with Gasteiger partial charge in [0.25, 0.3) is 0 Å². The highest BCUT2D eigenvalue weighted by Crippen LogP contribution is 2.44. The highest BCUT2D eigenvalue weighted by atomic mass is 15.2. The van der Waals surface area contributed by atoms with Crippen LogP contribution in [-0.2, 0) is 0 Å². The number of fused-ring (bicyclic) bond motifs is 3. The second-order valence-corrected chi connectivity index (χ2v) is 5.37. The van der Waals surface area contributed by atoms with Crippen molar-refractivity contribution in [2.75, 3.05) is 24.5 Å². The van der Waals surface area contributed by atoms with Crippen molar-refractivity contribution in [3.05, 3.63) is 29.3 Å². The van der Waals surface area contributed by atoms with Crippen molar-refractivity contribution in [1.82, 2.24) is 5.32 Å². The Kier molecular flexibility index (Phi) is 4.87. The molecule has 2 atom stereocenters. The zero-order valence-corrected chi connectivity index (χ0v) is 12.9. The maximum atomic E-state index is 3.55. The molecule has 0 bridgehead atoms. The summed E-state index contributed by atoms with van der Waals surface area (Å²) in [5.41, 5.74) is 4.56. The first kappa shape index (κ1) is 14.4. The van der Waals surface area contributed by atoms with Crippen LogP contribution in [0.1, 0.15) is 50.7 Å². The van der Waals surface area contributed by atoms with Crippen molar-refractivity contribution in [2.24, 2.45) is 0 Å². The SMILES string of the molecule is CC.CCCN1c2c(C)cccc2C2CNCCC21. The summed E-state index contributed by atoms with van der Waals surface area (Å²) in [5.74, 6) is 0.713. The van der Waals surface area contributed by atoms with E-state index in [0.717, 1.165) is 12.6 Å². The molecule has 0 radical (unpaired) electrons. The zero-order chi connectivity index (χ0) is 13.8. The lowest BCUT2D eigenvalue weighted by Crippen LogP contribution is -2.44. The van der Waals surface area contributed by atoms with Crippen LogP contribution >= 0.6 is 0 Å². The lowest BCUT2D eigenvalue weighted by Gasteiger charge is -2.34. The third kappa shape index (κ3) is 2.51. The molecule has 1 saturated heterocycles. The largest absolute Gasteiger partial charge is 0.367 e. The molecule has 0 saturated carbocycles. The molecule has 106 valence electrons. The lowest BCUT2D eigenvalue weighted by atomic mass is 9.90. The Labute approximate surface area is 118 Å². The average molecular weight is 260 g/mol. The van der Waals surface area contributed by atoms with E-state index in [0.29, 0.717) is 5.92 Å². The van der Waals surface area contributed by atoms with Gasteiger partial charge >= 0.3 is 0 Å². The molecule has 2 heteroatoms. The van der Waals surface area contributed by atoms with E-state index in [1.165, 1.54) is 37.2 Å². The molecule has 3 rings (SSSR count). The van der Waals surface area contributed by atoms with Gasteiger partial charge in [-0.1, -0.05) is 39.0 Å². The van der Waals surface area contributed by atoms with Gasteiger partial charge in [-0.25, -0.2) is 0 Å². The van der Waals surface area contributed by atoms with Gasteiger partial charge in [-0.2, -0.15) is 0 Å². The monoisotopic (exact) mass is 260 g/mol. The number of piperidine rings is 1. The number of nitrogens with zero attached hydrogens (tertiary/aromatic N) is 1. The summed E-state index contributed by atoms with van der Waals surface area (Å²) >= 11 is 0. The van der Waals surface area contributed by atoms with Gasteiger partial charge in [-0.15, -0.1) is 0 Å². The fourth-order valence-electron chi connectivity index (χ4n) is 3.59. The maximum Gasteiger partial charge on any atom is 0.0435 e. The minimum Gasteiger partial charge on any atom is -0.367 e. The average Bonchev–Trinajstić information content (AvgIpc) is 2.78. The van der Waals surface area contributed by atoms with Gasteiger partial charge in [0.1, 0.15) is 0 Å². The first-order valence-electron chi connectivity index (χ1n) is 7.89. The zero-order valence-electron chi connectivity index (χ0n) is 12.9. The molecule has 19 heavy (non-hydrogen) atoms. The molecule has 2 aliphatic rings. The van der Waals surface area contributed by atoms with E-state index in [1.807, 2.05) is 13.8 Å². The standard InChI is InChI=1S/C15H22N2.C2H6/c1-3-9-17-14-7-8-16-10-13(14)12-6-4-5-11(2)15(12)17;1-2/h4-6,13-14,16H,3,7-10H2,1-2H3;1-2H3. The predicted molar refractivity (Wildman–Crippen MR) is 84.2 cm³/mol. The van der Waals surface area contributed by atoms with E-state index in [9.17, 15) is 0 Å². The van der Waals surface area contributed by atoms with Gasteiger partial charge in [0.2, 0.25) is 0 Å². The second-order valence-electron chi connectivity index (χ2n) is 5.37. The highest BCUT2D eigenvalue weighted by Gasteiger charge is 2.39. The van der Waals surface area contributed by atoms with Crippen LogP contribution in [0.2, 0.25) is 0 Å². The van der Waals surface area contributed by atoms with E-state index in [2.05, 4.69) is 42.3 Å². The molecule has 0 amide bonds.